The molecule has 0 amide bonds. The number of aromatic nitrogens is 3. The second-order valence-corrected chi connectivity index (χ2v) is 13.5. The van der Waals surface area contributed by atoms with Crippen molar-refractivity contribution in [1.29, 1.82) is 0 Å². The topological polar surface area (TPSA) is 65.0 Å². The van der Waals surface area contributed by atoms with Crippen molar-refractivity contribution in [2.24, 2.45) is 0 Å². The van der Waals surface area contributed by atoms with Gasteiger partial charge in [-0.2, -0.15) is 0 Å². The summed E-state index contributed by atoms with van der Waals surface area (Å²) >= 11 is 0. The van der Waals surface area contributed by atoms with Crippen molar-refractivity contribution in [1.82, 2.24) is 15.0 Å². The summed E-state index contributed by atoms with van der Waals surface area (Å²) < 4.78 is 68.1. The number of fused-ring (bicyclic) bond motifs is 6. The zero-order valence-corrected chi connectivity index (χ0v) is 29.6. The van der Waals surface area contributed by atoms with E-state index >= 15 is 0 Å². The molecule has 0 radical (unpaired) electrons. The van der Waals surface area contributed by atoms with Crippen LogP contribution in [0.3, 0.4) is 0 Å². The summed E-state index contributed by atoms with van der Waals surface area (Å²) in [5, 5.41) is 2.23. The van der Waals surface area contributed by atoms with E-state index in [0.29, 0.717) is 22.3 Å². The molecular weight excluding hydrogens is 687 g/mol. The van der Waals surface area contributed by atoms with Crippen LogP contribution in [0.2, 0.25) is 0 Å². The van der Waals surface area contributed by atoms with Gasteiger partial charge >= 0.3 is 0 Å². The van der Waals surface area contributed by atoms with E-state index in [1.54, 1.807) is 0 Å². The van der Waals surface area contributed by atoms with Crippen LogP contribution in [0.5, 0.6) is 0 Å². The average Bonchev–Trinajstić information content (AvgIpc) is 3.90. The highest BCUT2D eigenvalue weighted by Gasteiger charge is 2.18. The molecule has 11 aromatic rings. The van der Waals surface area contributed by atoms with Gasteiger partial charge in [0.15, 0.2) is 17.5 Å². The number of nitrogens with zero attached hydrogens (tertiary/aromatic N) is 3. The second kappa shape index (κ2) is 13.0. The van der Waals surface area contributed by atoms with Crippen LogP contribution < -0.4 is 0 Å². The van der Waals surface area contributed by atoms with Crippen molar-refractivity contribution in [2.45, 2.75) is 0 Å². The molecule has 0 aliphatic heterocycles. The van der Waals surface area contributed by atoms with E-state index in [9.17, 15) is 4.11 Å². The SMILES string of the molecule is [2H]c1c([2H])c(-c2cccc(-c3ccccc3)c2)c2c(oc3c([2H])c(-c4nc(-c5cccc(-c6ccccc6)c5)nc(-c5ccc6c(c5)oc5ccccc56)n4)c([2H])c([2H])c32)c1[2H]. The number of para-hydroxylation sites is 1. The summed E-state index contributed by atoms with van der Waals surface area (Å²) in [5.74, 6) is 0.531. The molecule has 262 valence electrons. The van der Waals surface area contributed by atoms with Gasteiger partial charge in [0.25, 0.3) is 0 Å². The molecule has 56 heavy (non-hydrogen) atoms. The van der Waals surface area contributed by atoms with Crippen LogP contribution in [0.1, 0.15) is 8.22 Å². The Morgan fingerprint density at radius 3 is 1.68 bits per heavy atom. The average molecular weight is 724 g/mol. The standard InChI is InChI=1S/C51H31N3O2/c1-3-12-32(13-4-1)34-16-9-18-36(28-34)40-21-11-23-45-48(40)43-27-25-39(31-47(43)56-45)51-53-49(37-19-10-17-35(29-37)33-14-5-2-6-15-33)52-50(54-51)38-24-26-42-41-20-7-8-22-44(41)55-46(42)30-38/h1-31H/i11D,21D,23D,25D,27D,31D. The van der Waals surface area contributed by atoms with E-state index in [0.717, 1.165) is 38.6 Å². The Kier molecular flexibility index (Phi) is 6.10. The molecule has 0 bridgehead atoms. The first-order chi connectivity index (χ1) is 30.2. The highest BCUT2D eigenvalue weighted by Crippen LogP contribution is 2.40. The molecule has 0 saturated carbocycles. The van der Waals surface area contributed by atoms with E-state index < -0.39 is 0 Å². The highest BCUT2D eigenvalue weighted by molar-refractivity contribution is 6.13. The predicted octanol–water partition coefficient (Wildman–Crippen LogP) is 13.7. The Morgan fingerprint density at radius 1 is 0.357 bits per heavy atom. The van der Waals surface area contributed by atoms with Gasteiger partial charge in [0.2, 0.25) is 0 Å². The van der Waals surface area contributed by atoms with Crippen molar-refractivity contribution in [2.75, 3.05) is 0 Å². The third-order valence-electron chi connectivity index (χ3n) is 10.1. The quantitative estimate of drug-likeness (QED) is 0.171. The largest absolute Gasteiger partial charge is 0.456 e. The van der Waals surface area contributed by atoms with Gasteiger partial charge in [0.05, 0.1) is 8.22 Å². The minimum Gasteiger partial charge on any atom is -0.456 e. The highest BCUT2D eigenvalue weighted by atomic mass is 16.3. The Labute approximate surface area is 330 Å². The van der Waals surface area contributed by atoms with E-state index in [1.165, 1.54) is 0 Å². The van der Waals surface area contributed by atoms with Crippen LogP contribution in [-0.2, 0) is 0 Å². The fraction of sp³-hybridized carbons (Fsp3) is 0. The van der Waals surface area contributed by atoms with E-state index in [-0.39, 0.29) is 86.8 Å². The minimum absolute atomic E-state index is 0.0186. The molecule has 8 aromatic carbocycles. The summed E-state index contributed by atoms with van der Waals surface area (Å²) in [4.78, 5) is 14.7. The molecule has 5 nitrogen and oxygen atoms in total. The van der Waals surface area contributed by atoms with Gasteiger partial charge in [0, 0.05) is 38.2 Å². The van der Waals surface area contributed by atoms with Gasteiger partial charge < -0.3 is 8.83 Å². The van der Waals surface area contributed by atoms with Gasteiger partial charge in [-0.15, -0.1) is 0 Å². The molecule has 11 rings (SSSR count). The van der Waals surface area contributed by atoms with Crippen LogP contribution in [0.15, 0.2) is 197 Å². The lowest BCUT2D eigenvalue weighted by atomic mass is 9.96. The predicted molar refractivity (Wildman–Crippen MR) is 227 cm³/mol. The van der Waals surface area contributed by atoms with Crippen LogP contribution in [0.25, 0.3) is 111 Å². The molecule has 3 aromatic heterocycles. The van der Waals surface area contributed by atoms with Crippen LogP contribution >= 0.6 is 0 Å². The first-order valence-electron chi connectivity index (χ1n) is 21.2. The molecule has 0 spiro atoms. The van der Waals surface area contributed by atoms with Crippen LogP contribution in [0, 0.1) is 0 Å². The third-order valence-corrected chi connectivity index (χ3v) is 10.1. The number of furan rings is 2. The molecule has 0 saturated heterocycles. The van der Waals surface area contributed by atoms with Gasteiger partial charge in [-0.25, -0.2) is 15.0 Å². The summed E-state index contributed by atoms with van der Waals surface area (Å²) in [7, 11) is 0. The van der Waals surface area contributed by atoms with Gasteiger partial charge in [-0.3, -0.25) is 0 Å². The van der Waals surface area contributed by atoms with E-state index in [1.807, 2.05) is 152 Å². The number of hydrogen-bond acceptors (Lipinski definition) is 5. The summed E-state index contributed by atoms with van der Waals surface area (Å²) in [6.07, 6.45) is 0. The molecule has 0 fully saturated rings. The Hall–Kier alpha value is -7.63. The molecule has 0 unspecified atom stereocenters. The molecule has 0 atom stereocenters. The zero-order valence-electron chi connectivity index (χ0n) is 35.6. The first kappa shape index (κ1) is 26.2. The van der Waals surface area contributed by atoms with E-state index in [2.05, 4.69) is 0 Å². The zero-order chi connectivity index (χ0) is 42.2. The maximum absolute atomic E-state index is 9.65. The molecule has 5 heteroatoms. The molecule has 0 aliphatic rings. The maximum Gasteiger partial charge on any atom is 0.164 e. The van der Waals surface area contributed by atoms with Crippen molar-refractivity contribution in [3.63, 3.8) is 0 Å². The van der Waals surface area contributed by atoms with Crippen LogP contribution in [-0.4, -0.2) is 15.0 Å². The minimum atomic E-state index is -0.355. The van der Waals surface area contributed by atoms with Crippen LogP contribution in [0.4, 0.5) is 0 Å². The number of rotatable bonds is 6. The van der Waals surface area contributed by atoms with Crippen molar-refractivity contribution in [3.8, 4) is 67.5 Å². The molecule has 0 aliphatic carbocycles. The lowest BCUT2D eigenvalue weighted by Crippen LogP contribution is -2.00. The lowest BCUT2D eigenvalue weighted by molar-refractivity contribution is 0.668. The second-order valence-electron chi connectivity index (χ2n) is 13.5. The van der Waals surface area contributed by atoms with Crippen molar-refractivity contribution in [3.05, 3.63) is 188 Å². The Balaban J connectivity index is 1.15. The van der Waals surface area contributed by atoms with E-state index in [4.69, 9.17) is 27.9 Å². The summed E-state index contributed by atoms with van der Waals surface area (Å²) in [6.45, 7) is 0. The van der Waals surface area contributed by atoms with Crippen molar-refractivity contribution < 1.29 is 17.1 Å². The summed E-state index contributed by atoms with van der Waals surface area (Å²) in [5.41, 5.74) is 7.09. The molecule has 0 N–H and O–H groups in total. The number of benzene rings is 8. The van der Waals surface area contributed by atoms with Gasteiger partial charge in [0.1, 0.15) is 22.3 Å². The normalized spacial score (nSPS) is 13.1. The molecule has 3 heterocycles. The maximum atomic E-state index is 9.65. The lowest BCUT2D eigenvalue weighted by Gasteiger charge is -2.10. The Morgan fingerprint density at radius 2 is 0.929 bits per heavy atom. The first-order valence-corrected chi connectivity index (χ1v) is 18.2. The number of hydrogen-bond donors (Lipinski definition) is 0. The molecular formula is C51H31N3O2. The smallest absolute Gasteiger partial charge is 0.164 e. The summed E-state index contributed by atoms with van der Waals surface area (Å²) in [6, 6.07) is 46.7. The monoisotopic (exact) mass is 723 g/mol. The third kappa shape index (κ3) is 5.53. The van der Waals surface area contributed by atoms with Crippen molar-refractivity contribution >= 4 is 43.9 Å². The fourth-order valence-electron chi connectivity index (χ4n) is 7.34. The fourth-order valence-corrected chi connectivity index (χ4v) is 7.34. The van der Waals surface area contributed by atoms with Gasteiger partial charge in [-0.1, -0.05) is 139 Å². The van der Waals surface area contributed by atoms with Gasteiger partial charge in [-0.05, 0) is 81.8 Å². The Bertz CT molecular complexity index is 3610.